The normalized spacial score (nSPS) is 10.4. The van der Waals surface area contributed by atoms with Gasteiger partial charge in [-0.25, -0.2) is 19.6 Å². The molecule has 0 saturated heterocycles. The van der Waals surface area contributed by atoms with Crippen molar-refractivity contribution in [1.82, 2.24) is 9.97 Å². The van der Waals surface area contributed by atoms with Crippen LogP contribution in [0.1, 0.15) is 55.2 Å². The molecule has 0 radical (unpaired) electrons. The van der Waals surface area contributed by atoms with Crippen molar-refractivity contribution in [1.29, 1.82) is 5.26 Å². The van der Waals surface area contributed by atoms with Crippen molar-refractivity contribution < 1.29 is 44.0 Å². The quantitative estimate of drug-likeness (QED) is 0.0787. The van der Waals surface area contributed by atoms with Gasteiger partial charge >= 0.3 is 26.2 Å². The molecule has 2 aromatic carbocycles. The number of thiazole rings is 2. The number of nitrogens with one attached hydrogen (secondary N) is 1. The lowest BCUT2D eigenvalue weighted by Crippen LogP contribution is -2.29. The Morgan fingerprint density at radius 1 is 0.911 bits per heavy atom. The van der Waals surface area contributed by atoms with Crippen LogP contribution in [-0.2, 0) is 9.47 Å². The predicted molar refractivity (Wildman–Crippen MR) is 170 cm³/mol. The zero-order chi connectivity index (χ0) is 33.4. The molecule has 45 heavy (non-hydrogen) atoms. The summed E-state index contributed by atoms with van der Waals surface area (Å²) in [6.45, 7) is 4.12. The Hall–Kier alpha value is -4.63. The largest absolute Gasteiger partial charge is 0.488 e. The molecular formula is C27H29B2N5O9S2. The summed E-state index contributed by atoms with van der Waals surface area (Å²) >= 11 is 2.23. The molecule has 0 aliphatic rings. The Kier molecular flexibility index (Phi) is 15.4. The molecule has 0 spiro atoms. The smallest absolute Gasteiger partial charge is 0.462 e. The summed E-state index contributed by atoms with van der Waals surface area (Å²) in [6, 6.07) is 13.8. The average molecular weight is 653 g/mol. The van der Waals surface area contributed by atoms with E-state index in [2.05, 4.69) is 21.4 Å². The number of aldehydes is 1. The number of hydrogen-bond acceptors (Lipinski definition) is 16. The predicted octanol–water partition coefficient (Wildman–Crippen LogP) is 0.757. The first-order chi connectivity index (χ1) is 21.5. The number of hydrogen-bond donors (Lipinski definition) is 6. The van der Waals surface area contributed by atoms with Crippen LogP contribution >= 0.6 is 22.7 Å². The highest BCUT2D eigenvalue weighted by atomic mass is 32.1. The van der Waals surface area contributed by atoms with E-state index in [-0.39, 0.29) is 12.6 Å². The monoisotopic (exact) mass is 653 g/mol. The van der Waals surface area contributed by atoms with E-state index in [1.54, 1.807) is 26.0 Å². The number of ether oxygens (including phenoxy) is 2. The van der Waals surface area contributed by atoms with Crippen molar-refractivity contribution in [3.8, 4) is 6.07 Å². The van der Waals surface area contributed by atoms with Gasteiger partial charge in [-0.3, -0.25) is 4.79 Å². The Morgan fingerprint density at radius 3 is 1.82 bits per heavy atom. The minimum absolute atomic E-state index is 0.281. The second kappa shape index (κ2) is 18.9. The molecule has 1 unspecified atom stereocenters. The van der Waals surface area contributed by atoms with E-state index in [0.717, 1.165) is 22.7 Å². The Morgan fingerprint density at radius 2 is 1.40 bits per heavy atom. The Labute approximate surface area is 267 Å². The molecule has 14 nitrogen and oxygen atoms in total. The third-order valence-corrected chi connectivity index (χ3v) is 7.03. The first-order valence-electron chi connectivity index (χ1n) is 13.1. The van der Waals surface area contributed by atoms with Crippen molar-refractivity contribution in [2.24, 2.45) is 0 Å². The van der Waals surface area contributed by atoms with Gasteiger partial charge in [0.15, 0.2) is 10.3 Å². The maximum absolute atomic E-state index is 11.6. The molecule has 4 aromatic rings. The van der Waals surface area contributed by atoms with Crippen LogP contribution in [0, 0.1) is 11.3 Å². The first kappa shape index (κ1) is 36.6. The van der Waals surface area contributed by atoms with Gasteiger partial charge in [0, 0.05) is 5.56 Å². The van der Waals surface area contributed by atoms with Gasteiger partial charge in [0.05, 0.1) is 31.7 Å². The van der Waals surface area contributed by atoms with Gasteiger partial charge < -0.3 is 40.6 Å². The fourth-order valence-corrected chi connectivity index (χ4v) is 4.46. The van der Waals surface area contributed by atoms with E-state index < -0.39 is 26.2 Å². The molecule has 0 saturated carbocycles. The number of nitrogen functional groups attached to an aromatic ring is 1. The van der Waals surface area contributed by atoms with Crippen molar-refractivity contribution in [3.63, 3.8) is 0 Å². The molecule has 2 aromatic heterocycles. The van der Waals surface area contributed by atoms with E-state index >= 15 is 0 Å². The van der Waals surface area contributed by atoms with E-state index in [9.17, 15) is 19.6 Å². The Bertz CT molecular complexity index is 1560. The maximum Gasteiger partial charge on any atom is 0.488 e. The number of nitrogens with two attached hydrogens (primary N) is 1. The molecule has 1 atom stereocenters. The zero-order valence-corrected chi connectivity index (χ0v) is 25.7. The molecule has 234 valence electrons. The second-order valence-electron chi connectivity index (χ2n) is 8.44. The van der Waals surface area contributed by atoms with Gasteiger partial charge in [0.2, 0.25) is 0 Å². The van der Waals surface area contributed by atoms with Crippen LogP contribution in [-0.4, -0.2) is 75.7 Å². The fourth-order valence-electron chi connectivity index (χ4n) is 3.14. The molecule has 0 bridgehead atoms. The number of esters is 2. The number of anilines is 2. The van der Waals surface area contributed by atoms with Crippen LogP contribution in [0.5, 0.6) is 0 Å². The van der Waals surface area contributed by atoms with Gasteiger partial charge in [-0.2, -0.15) is 5.26 Å². The highest BCUT2D eigenvalue weighted by Crippen LogP contribution is 2.24. The van der Waals surface area contributed by atoms with Gasteiger partial charge in [0.1, 0.15) is 22.1 Å². The lowest BCUT2D eigenvalue weighted by Gasteiger charge is -2.11. The topological polar surface area (TPSA) is 238 Å². The van der Waals surface area contributed by atoms with Crippen molar-refractivity contribution in [3.05, 3.63) is 81.8 Å². The number of carbonyl (C=O) groups excluding carboxylic acids is 3. The summed E-state index contributed by atoms with van der Waals surface area (Å²) < 4.78 is 9.60. The van der Waals surface area contributed by atoms with E-state index in [4.69, 9.17) is 35.3 Å². The van der Waals surface area contributed by atoms with Crippen molar-refractivity contribution in [2.75, 3.05) is 24.3 Å². The van der Waals surface area contributed by atoms with Gasteiger partial charge in [-0.05, 0) is 30.3 Å². The molecule has 2 heterocycles. The Balaban J connectivity index is 0.000000266. The SMILES string of the molecule is CCOC(=O)c1cnc(N)s1.CCOC(=O)c1cnc(NC(C#N)c2ccc(B(O)O)cc2)s1.O=Cc1ccc(B(O)O)cc1. The number of carbonyl (C=O) groups is 3. The summed E-state index contributed by atoms with van der Waals surface area (Å²) in [5.41, 5.74) is 7.20. The lowest BCUT2D eigenvalue weighted by molar-refractivity contribution is 0.0522. The number of nitrogens with zero attached hydrogens (tertiary/aromatic N) is 3. The average Bonchev–Trinajstić information content (AvgIpc) is 3.70. The van der Waals surface area contributed by atoms with E-state index in [0.29, 0.717) is 55.0 Å². The van der Waals surface area contributed by atoms with Crippen LogP contribution in [0.4, 0.5) is 10.3 Å². The maximum atomic E-state index is 11.6. The third kappa shape index (κ3) is 12.1. The zero-order valence-electron chi connectivity index (χ0n) is 24.1. The number of nitriles is 1. The molecular weight excluding hydrogens is 624 g/mol. The highest BCUT2D eigenvalue weighted by Gasteiger charge is 2.17. The van der Waals surface area contributed by atoms with Crippen LogP contribution in [0.25, 0.3) is 0 Å². The summed E-state index contributed by atoms with van der Waals surface area (Å²) in [5, 5.41) is 48.5. The van der Waals surface area contributed by atoms with Crippen LogP contribution in [0.2, 0.25) is 0 Å². The molecule has 0 aliphatic heterocycles. The number of rotatable bonds is 10. The third-order valence-electron chi connectivity index (χ3n) is 5.32. The van der Waals surface area contributed by atoms with Gasteiger partial charge in [-0.15, -0.1) is 0 Å². The van der Waals surface area contributed by atoms with Crippen molar-refractivity contribution in [2.45, 2.75) is 19.9 Å². The molecule has 7 N–H and O–H groups in total. The molecule has 4 rings (SSSR count). The van der Waals surface area contributed by atoms with Gasteiger partial charge in [-0.1, -0.05) is 71.2 Å². The first-order valence-corrected chi connectivity index (χ1v) is 14.7. The molecule has 0 amide bonds. The summed E-state index contributed by atoms with van der Waals surface area (Å²) in [6.07, 6.45) is 3.51. The minimum atomic E-state index is -1.55. The summed E-state index contributed by atoms with van der Waals surface area (Å²) in [4.78, 5) is 41.3. The summed E-state index contributed by atoms with van der Waals surface area (Å²) in [5.74, 6) is -0.811. The van der Waals surface area contributed by atoms with Crippen molar-refractivity contribution >= 4 is 76.3 Å². The summed E-state index contributed by atoms with van der Waals surface area (Å²) in [7, 11) is -3.01. The van der Waals surface area contributed by atoms with E-state index in [1.165, 1.54) is 48.8 Å². The highest BCUT2D eigenvalue weighted by molar-refractivity contribution is 7.17. The van der Waals surface area contributed by atoms with Crippen LogP contribution < -0.4 is 22.0 Å². The lowest BCUT2D eigenvalue weighted by atomic mass is 9.80. The van der Waals surface area contributed by atoms with E-state index in [1.807, 2.05) is 0 Å². The minimum Gasteiger partial charge on any atom is -0.462 e. The molecule has 0 fully saturated rings. The molecule has 18 heteroatoms. The molecule has 0 aliphatic carbocycles. The standard InChI is InChI=1S/C14H14BN3O4S.C7H7BO3.C6H8N2O2S/c1-2-22-13(19)12-8-17-14(23-12)18-11(7-16)9-3-5-10(6-4-9)15(20)21;9-5-6-1-3-7(4-2-6)8(10)11;1-2-10-5(9)4-3-8-6(7)11-4/h3-6,8,11,20-21H,2H2,1H3,(H,17,18);1-5,10-11H;3H,2H2,1H3,(H2,7,8). The van der Waals surface area contributed by atoms with Crippen LogP contribution in [0.15, 0.2) is 60.9 Å². The van der Waals surface area contributed by atoms with Gasteiger partial charge in [0.25, 0.3) is 0 Å². The fraction of sp³-hybridized carbons (Fsp3) is 0.185. The second-order valence-corrected chi connectivity index (χ2v) is 10.5. The number of benzene rings is 2. The number of aromatic nitrogens is 2. The van der Waals surface area contributed by atoms with Crippen LogP contribution in [0.3, 0.4) is 0 Å².